The number of H-pyrrole nitrogens is 1. The average Bonchev–Trinajstić information content (AvgIpc) is 2.86. The Bertz CT molecular complexity index is 598. The number of hydrogen-bond donors (Lipinski definition) is 3. The predicted molar refractivity (Wildman–Crippen MR) is 71.2 cm³/mol. The summed E-state index contributed by atoms with van der Waals surface area (Å²) in [5.74, 6) is 0. The summed E-state index contributed by atoms with van der Waals surface area (Å²) >= 11 is 1.45. The fourth-order valence-electron chi connectivity index (χ4n) is 3.10. The molecule has 104 valence electrons. The monoisotopic (exact) mass is 284 g/mol. The van der Waals surface area contributed by atoms with Gasteiger partial charge in [0.25, 0.3) is 5.56 Å². The standard InChI is InChI=1S/C12H16N2O4S/c15-7-2-1-4-12(7)8(16)6-10(19-12)14-5-3-9(17)13-11(14)18/h3,5,7-8,10,15-16H,1-2,4,6H2,(H,13,17,18)/t7-,8-,10+,12-/m0/s1. The van der Waals surface area contributed by atoms with E-state index in [2.05, 4.69) is 4.98 Å². The first-order chi connectivity index (χ1) is 9.03. The number of nitrogens with one attached hydrogen (secondary N) is 1. The maximum atomic E-state index is 11.8. The van der Waals surface area contributed by atoms with Gasteiger partial charge in [-0.15, -0.1) is 11.8 Å². The lowest BCUT2D eigenvalue weighted by atomic mass is 9.95. The Morgan fingerprint density at radius 1 is 1.37 bits per heavy atom. The number of hydrogen-bond acceptors (Lipinski definition) is 5. The quantitative estimate of drug-likeness (QED) is 0.665. The van der Waals surface area contributed by atoms with Gasteiger partial charge >= 0.3 is 5.69 Å². The van der Waals surface area contributed by atoms with Gasteiger partial charge in [0.1, 0.15) is 0 Å². The molecule has 0 amide bonds. The lowest BCUT2D eigenvalue weighted by molar-refractivity contribution is 0.0558. The topological polar surface area (TPSA) is 95.3 Å². The Balaban J connectivity index is 1.93. The van der Waals surface area contributed by atoms with Gasteiger partial charge in [0.05, 0.1) is 22.3 Å². The Labute approximate surface area is 113 Å². The Morgan fingerprint density at radius 2 is 2.16 bits per heavy atom. The molecule has 1 saturated carbocycles. The third-order valence-corrected chi connectivity index (χ3v) is 5.99. The van der Waals surface area contributed by atoms with E-state index in [9.17, 15) is 19.8 Å². The molecule has 19 heavy (non-hydrogen) atoms. The maximum Gasteiger partial charge on any atom is 0.329 e. The molecule has 1 aromatic rings. The molecular formula is C12H16N2O4S. The number of rotatable bonds is 1. The molecule has 1 saturated heterocycles. The number of aliphatic hydroxyl groups is 2. The highest BCUT2D eigenvalue weighted by molar-refractivity contribution is 8.01. The van der Waals surface area contributed by atoms with Gasteiger partial charge in [-0.2, -0.15) is 0 Å². The molecule has 1 spiro atoms. The van der Waals surface area contributed by atoms with Gasteiger partial charge < -0.3 is 10.2 Å². The second-order valence-corrected chi connectivity index (χ2v) is 6.74. The van der Waals surface area contributed by atoms with Crippen molar-refractivity contribution in [2.45, 2.75) is 48.0 Å². The number of aromatic nitrogens is 2. The van der Waals surface area contributed by atoms with Crippen molar-refractivity contribution >= 4 is 11.8 Å². The van der Waals surface area contributed by atoms with E-state index in [1.54, 1.807) is 0 Å². The highest BCUT2D eigenvalue weighted by Gasteiger charge is 2.54. The van der Waals surface area contributed by atoms with Crippen LogP contribution >= 0.6 is 11.8 Å². The zero-order valence-corrected chi connectivity index (χ0v) is 11.1. The molecule has 1 aromatic heterocycles. The first-order valence-corrected chi connectivity index (χ1v) is 7.26. The van der Waals surface area contributed by atoms with E-state index in [-0.39, 0.29) is 5.37 Å². The van der Waals surface area contributed by atoms with Crippen molar-refractivity contribution in [2.24, 2.45) is 0 Å². The van der Waals surface area contributed by atoms with Gasteiger partial charge in [0, 0.05) is 18.7 Å². The molecule has 0 radical (unpaired) electrons. The van der Waals surface area contributed by atoms with Crippen molar-refractivity contribution in [3.05, 3.63) is 33.1 Å². The van der Waals surface area contributed by atoms with Crippen molar-refractivity contribution in [3.63, 3.8) is 0 Å². The molecule has 3 rings (SSSR count). The molecule has 3 N–H and O–H groups in total. The minimum absolute atomic E-state index is 0.243. The Kier molecular flexibility index (Phi) is 3.07. The second-order valence-electron chi connectivity index (χ2n) is 5.20. The fourth-order valence-corrected chi connectivity index (χ4v) is 4.96. The van der Waals surface area contributed by atoms with Crippen molar-refractivity contribution in [1.82, 2.24) is 9.55 Å². The van der Waals surface area contributed by atoms with Crippen molar-refractivity contribution in [1.29, 1.82) is 0 Å². The van der Waals surface area contributed by atoms with Crippen LogP contribution in [0.4, 0.5) is 0 Å². The summed E-state index contributed by atoms with van der Waals surface area (Å²) in [5.41, 5.74) is -0.901. The first-order valence-electron chi connectivity index (χ1n) is 6.38. The minimum atomic E-state index is -0.626. The normalized spacial score (nSPS) is 38.1. The average molecular weight is 284 g/mol. The summed E-state index contributed by atoms with van der Waals surface area (Å²) < 4.78 is 0.870. The smallest absolute Gasteiger partial charge is 0.329 e. The molecule has 2 fully saturated rings. The van der Waals surface area contributed by atoms with Crippen LogP contribution in [-0.4, -0.2) is 36.7 Å². The predicted octanol–water partition coefficient (Wildman–Crippen LogP) is -0.183. The summed E-state index contributed by atoms with van der Waals surface area (Å²) in [7, 11) is 0. The van der Waals surface area contributed by atoms with E-state index in [1.165, 1.54) is 28.6 Å². The third kappa shape index (κ3) is 1.96. The van der Waals surface area contributed by atoms with Crippen LogP contribution in [0.1, 0.15) is 31.1 Å². The zero-order chi connectivity index (χ0) is 13.6. The minimum Gasteiger partial charge on any atom is -0.392 e. The molecule has 0 aromatic carbocycles. The fraction of sp³-hybridized carbons (Fsp3) is 0.667. The number of aromatic amines is 1. The summed E-state index contributed by atoms with van der Waals surface area (Å²) in [5, 5.41) is 20.1. The lowest BCUT2D eigenvalue weighted by Crippen LogP contribution is -2.41. The van der Waals surface area contributed by atoms with Crippen LogP contribution in [0, 0.1) is 0 Å². The number of nitrogens with zero attached hydrogens (tertiary/aromatic N) is 1. The molecule has 1 aliphatic heterocycles. The molecule has 6 nitrogen and oxygen atoms in total. The third-order valence-electron chi connectivity index (χ3n) is 4.11. The van der Waals surface area contributed by atoms with E-state index in [0.29, 0.717) is 12.8 Å². The van der Waals surface area contributed by atoms with Gasteiger partial charge in [-0.3, -0.25) is 14.3 Å². The van der Waals surface area contributed by atoms with Gasteiger partial charge in [-0.25, -0.2) is 4.79 Å². The summed E-state index contributed by atoms with van der Waals surface area (Å²) in [6.07, 6.45) is 3.04. The summed E-state index contributed by atoms with van der Waals surface area (Å²) in [4.78, 5) is 25.0. The van der Waals surface area contributed by atoms with Crippen LogP contribution in [0.5, 0.6) is 0 Å². The van der Waals surface area contributed by atoms with Crippen LogP contribution in [0.15, 0.2) is 21.9 Å². The number of aliphatic hydroxyl groups excluding tert-OH is 2. The molecule has 4 atom stereocenters. The largest absolute Gasteiger partial charge is 0.392 e. The van der Waals surface area contributed by atoms with Crippen molar-refractivity contribution < 1.29 is 10.2 Å². The lowest BCUT2D eigenvalue weighted by Gasteiger charge is -2.30. The van der Waals surface area contributed by atoms with Crippen molar-refractivity contribution in [2.75, 3.05) is 0 Å². The second kappa shape index (κ2) is 4.50. The highest BCUT2D eigenvalue weighted by Crippen LogP contribution is 2.56. The molecule has 1 aliphatic carbocycles. The van der Waals surface area contributed by atoms with E-state index < -0.39 is 28.2 Å². The maximum absolute atomic E-state index is 11.8. The molecular weight excluding hydrogens is 268 g/mol. The van der Waals surface area contributed by atoms with E-state index in [0.717, 1.165) is 12.8 Å². The summed E-state index contributed by atoms with van der Waals surface area (Å²) in [6.45, 7) is 0. The molecule has 7 heteroatoms. The van der Waals surface area contributed by atoms with Crippen molar-refractivity contribution in [3.8, 4) is 0 Å². The van der Waals surface area contributed by atoms with Gasteiger partial charge in [-0.1, -0.05) is 0 Å². The molecule has 2 aliphatic rings. The SMILES string of the molecule is O=c1ccn([C@H]2C[C@H](O)[C@@]3(CCC[C@@H]3O)S2)c(=O)[nH]1. The molecule has 2 heterocycles. The zero-order valence-electron chi connectivity index (χ0n) is 10.3. The van der Waals surface area contributed by atoms with E-state index in [1.807, 2.05) is 0 Å². The van der Waals surface area contributed by atoms with E-state index in [4.69, 9.17) is 0 Å². The first kappa shape index (κ1) is 13.0. The highest BCUT2D eigenvalue weighted by atomic mass is 32.2. The number of thioether (sulfide) groups is 1. The van der Waals surface area contributed by atoms with Crippen LogP contribution < -0.4 is 11.2 Å². The van der Waals surface area contributed by atoms with Crippen LogP contribution in [0.25, 0.3) is 0 Å². The summed E-state index contributed by atoms with van der Waals surface area (Å²) in [6, 6.07) is 1.30. The molecule has 0 bridgehead atoms. The van der Waals surface area contributed by atoms with E-state index >= 15 is 0 Å². The van der Waals surface area contributed by atoms with Crippen LogP contribution in [0.3, 0.4) is 0 Å². The van der Waals surface area contributed by atoms with Gasteiger partial charge in [-0.05, 0) is 19.3 Å². The van der Waals surface area contributed by atoms with Gasteiger partial charge in [0.2, 0.25) is 0 Å². The Morgan fingerprint density at radius 3 is 2.79 bits per heavy atom. The molecule has 0 unspecified atom stereocenters. The Hall–Kier alpha value is -1.05. The van der Waals surface area contributed by atoms with Gasteiger partial charge in [0.15, 0.2) is 0 Å². The van der Waals surface area contributed by atoms with Crippen LogP contribution in [-0.2, 0) is 0 Å². The van der Waals surface area contributed by atoms with Crippen LogP contribution in [0.2, 0.25) is 0 Å².